The van der Waals surface area contributed by atoms with Gasteiger partial charge in [-0.05, 0) is 29.0 Å². The highest BCUT2D eigenvalue weighted by atomic mass is 127. The van der Waals surface area contributed by atoms with Crippen LogP contribution < -0.4 is 4.90 Å². The van der Waals surface area contributed by atoms with E-state index >= 15 is 0 Å². The molecule has 96 valence electrons. The molecular weight excluding hydrogens is 333 g/mol. The highest BCUT2D eigenvalue weighted by molar-refractivity contribution is 14.1. The van der Waals surface area contributed by atoms with Crippen LogP contribution in [0.2, 0.25) is 0 Å². The van der Waals surface area contributed by atoms with Gasteiger partial charge in [0.25, 0.3) is 0 Å². The van der Waals surface area contributed by atoms with E-state index in [2.05, 4.69) is 37.5 Å². The molecule has 1 rings (SSSR count). The molecule has 0 aromatic carbocycles. The summed E-state index contributed by atoms with van der Waals surface area (Å²) in [5.74, 6) is 0.966. The molecule has 1 aromatic heterocycles. The van der Waals surface area contributed by atoms with Crippen molar-refractivity contribution < 1.29 is 9.47 Å². The summed E-state index contributed by atoms with van der Waals surface area (Å²) < 4.78 is 11.2. The first-order valence-corrected chi connectivity index (χ1v) is 6.55. The molecule has 6 heteroatoms. The standard InChI is InChI=1S/C11H18IN3O2/c1-16-6-3-4-15(5-7-17-2)11-10(12)8-13-9-14-11/h8-9H,3-7H2,1-2H3. The lowest BCUT2D eigenvalue weighted by Crippen LogP contribution is -2.30. The quantitative estimate of drug-likeness (QED) is 0.526. The Labute approximate surface area is 116 Å². The Balaban J connectivity index is 2.64. The number of aromatic nitrogens is 2. The number of nitrogens with zero attached hydrogens (tertiary/aromatic N) is 3. The van der Waals surface area contributed by atoms with Crippen LogP contribution in [0.15, 0.2) is 12.5 Å². The SMILES string of the molecule is COCCCN(CCOC)c1ncncc1I. The lowest BCUT2D eigenvalue weighted by Gasteiger charge is -2.23. The summed E-state index contributed by atoms with van der Waals surface area (Å²) in [5.41, 5.74) is 0. The molecule has 0 aliphatic heterocycles. The normalized spacial score (nSPS) is 10.5. The van der Waals surface area contributed by atoms with Crippen LogP contribution >= 0.6 is 22.6 Å². The van der Waals surface area contributed by atoms with Crippen molar-refractivity contribution in [3.05, 3.63) is 16.1 Å². The smallest absolute Gasteiger partial charge is 0.145 e. The number of rotatable bonds is 8. The topological polar surface area (TPSA) is 47.5 Å². The Morgan fingerprint density at radius 3 is 2.65 bits per heavy atom. The minimum absolute atomic E-state index is 0.688. The molecule has 0 radical (unpaired) electrons. The number of anilines is 1. The van der Waals surface area contributed by atoms with Crippen LogP contribution in [0.25, 0.3) is 0 Å². The summed E-state index contributed by atoms with van der Waals surface area (Å²) in [6, 6.07) is 0. The number of hydrogen-bond acceptors (Lipinski definition) is 5. The van der Waals surface area contributed by atoms with Gasteiger partial charge in [-0.25, -0.2) is 9.97 Å². The van der Waals surface area contributed by atoms with E-state index in [-0.39, 0.29) is 0 Å². The van der Waals surface area contributed by atoms with E-state index in [9.17, 15) is 0 Å². The van der Waals surface area contributed by atoms with Crippen LogP contribution in [0, 0.1) is 3.57 Å². The summed E-state index contributed by atoms with van der Waals surface area (Å²) in [7, 11) is 3.42. The summed E-state index contributed by atoms with van der Waals surface area (Å²) in [6.45, 7) is 3.18. The Hall–Kier alpha value is -0.470. The minimum atomic E-state index is 0.688. The molecule has 0 spiro atoms. The molecular formula is C11H18IN3O2. The van der Waals surface area contributed by atoms with Gasteiger partial charge in [-0.3, -0.25) is 0 Å². The fourth-order valence-electron chi connectivity index (χ4n) is 1.46. The fourth-order valence-corrected chi connectivity index (χ4v) is 2.10. The zero-order chi connectivity index (χ0) is 12.5. The van der Waals surface area contributed by atoms with Crippen molar-refractivity contribution in [3.63, 3.8) is 0 Å². The molecule has 0 bridgehead atoms. The van der Waals surface area contributed by atoms with Gasteiger partial charge in [0.05, 0.1) is 10.2 Å². The third-order valence-electron chi connectivity index (χ3n) is 2.29. The second-order valence-corrected chi connectivity index (χ2v) is 4.68. The van der Waals surface area contributed by atoms with Crippen molar-refractivity contribution in [1.82, 2.24) is 9.97 Å². The van der Waals surface area contributed by atoms with Gasteiger partial charge in [0.2, 0.25) is 0 Å². The maximum atomic E-state index is 5.12. The molecule has 5 nitrogen and oxygen atoms in total. The van der Waals surface area contributed by atoms with Gasteiger partial charge in [-0.15, -0.1) is 0 Å². The molecule has 0 fully saturated rings. The minimum Gasteiger partial charge on any atom is -0.385 e. The zero-order valence-corrected chi connectivity index (χ0v) is 12.4. The van der Waals surface area contributed by atoms with Gasteiger partial charge in [-0.1, -0.05) is 0 Å². The van der Waals surface area contributed by atoms with Crippen molar-refractivity contribution in [2.24, 2.45) is 0 Å². The number of ether oxygens (including phenoxy) is 2. The molecule has 0 saturated carbocycles. The molecule has 1 aromatic rings. The van der Waals surface area contributed by atoms with Gasteiger partial charge < -0.3 is 14.4 Å². The van der Waals surface area contributed by atoms with E-state index in [1.165, 1.54) is 0 Å². The molecule has 0 saturated heterocycles. The average Bonchev–Trinajstić information content (AvgIpc) is 2.35. The van der Waals surface area contributed by atoms with Crippen molar-refractivity contribution in [2.75, 3.05) is 45.4 Å². The Morgan fingerprint density at radius 1 is 1.24 bits per heavy atom. The number of methoxy groups -OCH3 is 2. The van der Waals surface area contributed by atoms with E-state index in [4.69, 9.17) is 9.47 Å². The molecule has 1 heterocycles. The van der Waals surface area contributed by atoms with Crippen molar-refractivity contribution in [1.29, 1.82) is 0 Å². The largest absolute Gasteiger partial charge is 0.385 e. The molecule has 0 aliphatic rings. The highest BCUT2D eigenvalue weighted by Crippen LogP contribution is 2.18. The summed E-state index contributed by atoms with van der Waals surface area (Å²) in [5, 5.41) is 0. The third-order valence-corrected chi connectivity index (χ3v) is 3.05. The van der Waals surface area contributed by atoms with Gasteiger partial charge >= 0.3 is 0 Å². The zero-order valence-electron chi connectivity index (χ0n) is 10.2. The van der Waals surface area contributed by atoms with Gasteiger partial charge in [0.15, 0.2) is 0 Å². The van der Waals surface area contributed by atoms with E-state index in [0.717, 1.165) is 35.5 Å². The first-order valence-electron chi connectivity index (χ1n) is 5.48. The van der Waals surface area contributed by atoms with Crippen LogP contribution in [-0.2, 0) is 9.47 Å². The van der Waals surface area contributed by atoms with Crippen molar-refractivity contribution in [2.45, 2.75) is 6.42 Å². The first-order chi connectivity index (χ1) is 8.29. The van der Waals surface area contributed by atoms with E-state index in [1.54, 1.807) is 20.5 Å². The van der Waals surface area contributed by atoms with E-state index < -0.39 is 0 Å². The van der Waals surface area contributed by atoms with Crippen molar-refractivity contribution in [3.8, 4) is 0 Å². The number of hydrogen-bond donors (Lipinski definition) is 0. The molecule has 0 atom stereocenters. The first kappa shape index (κ1) is 14.6. The monoisotopic (exact) mass is 351 g/mol. The van der Waals surface area contributed by atoms with Crippen LogP contribution in [0.1, 0.15) is 6.42 Å². The second-order valence-electron chi connectivity index (χ2n) is 3.52. The van der Waals surface area contributed by atoms with Gasteiger partial charge in [0, 0.05) is 40.1 Å². The maximum absolute atomic E-state index is 5.12. The van der Waals surface area contributed by atoms with E-state index in [1.807, 2.05) is 6.20 Å². The molecule has 0 N–H and O–H groups in total. The van der Waals surface area contributed by atoms with Crippen LogP contribution in [-0.4, -0.2) is 50.5 Å². The summed E-state index contributed by atoms with van der Waals surface area (Å²) in [4.78, 5) is 10.5. The van der Waals surface area contributed by atoms with Crippen LogP contribution in [0.5, 0.6) is 0 Å². The Morgan fingerprint density at radius 2 is 2.00 bits per heavy atom. The Kier molecular flexibility index (Phi) is 7.38. The maximum Gasteiger partial charge on any atom is 0.145 e. The Bertz CT molecular complexity index is 325. The predicted molar refractivity (Wildman–Crippen MR) is 75.3 cm³/mol. The fraction of sp³-hybridized carbons (Fsp3) is 0.636. The van der Waals surface area contributed by atoms with Crippen LogP contribution in [0.4, 0.5) is 5.82 Å². The molecule has 0 aliphatic carbocycles. The lowest BCUT2D eigenvalue weighted by molar-refractivity contribution is 0.191. The third kappa shape index (κ3) is 5.13. The van der Waals surface area contributed by atoms with E-state index in [0.29, 0.717) is 6.61 Å². The second kappa shape index (κ2) is 8.60. The van der Waals surface area contributed by atoms with Gasteiger partial charge in [-0.2, -0.15) is 0 Å². The van der Waals surface area contributed by atoms with Gasteiger partial charge in [0.1, 0.15) is 12.1 Å². The van der Waals surface area contributed by atoms with Crippen molar-refractivity contribution >= 4 is 28.4 Å². The molecule has 0 unspecified atom stereocenters. The summed E-state index contributed by atoms with van der Waals surface area (Å²) >= 11 is 2.25. The summed E-state index contributed by atoms with van der Waals surface area (Å²) in [6.07, 6.45) is 4.37. The highest BCUT2D eigenvalue weighted by Gasteiger charge is 2.10. The molecule has 17 heavy (non-hydrogen) atoms. The lowest BCUT2D eigenvalue weighted by atomic mass is 10.3. The van der Waals surface area contributed by atoms with Crippen LogP contribution in [0.3, 0.4) is 0 Å². The number of halogens is 1. The molecule has 0 amide bonds. The average molecular weight is 351 g/mol. The predicted octanol–water partition coefficient (Wildman–Crippen LogP) is 1.57.